The number of pyridine rings is 1. The third kappa shape index (κ3) is 1.73. The zero-order valence-corrected chi connectivity index (χ0v) is 9.99. The van der Waals surface area contributed by atoms with E-state index in [2.05, 4.69) is 4.90 Å². The number of rotatable bonds is 1. The predicted octanol–water partition coefficient (Wildman–Crippen LogP) is 0.845. The van der Waals surface area contributed by atoms with E-state index in [1.165, 1.54) is 0 Å². The van der Waals surface area contributed by atoms with E-state index in [9.17, 15) is 4.79 Å². The van der Waals surface area contributed by atoms with Crippen molar-refractivity contribution in [3.05, 3.63) is 27.5 Å². The molecule has 0 unspecified atom stereocenters. The number of aryl methyl sites for hydroxylation is 1. The molecule has 2 rings (SSSR count). The van der Waals surface area contributed by atoms with E-state index in [1.807, 2.05) is 18.5 Å². The fourth-order valence-corrected chi connectivity index (χ4v) is 2.42. The molecule has 0 saturated carbocycles. The van der Waals surface area contributed by atoms with Crippen molar-refractivity contribution in [2.45, 2.75) is 32.9 Å². The summed E-state index contributed by atoms with van der Waals surface area (Å²) in [5.74, 6) is 1.02. The Hall–Kier alpha value is -1.29. The van der Waals surface area contributed by atoms with Gasteiger partial charge in [-0.3, -0.25) is 9.36 Å². The highest BCUT2D eigenvalue weighted by atomic mass is 16.1. The van der Waals surface area contributed by atoms with Crippen LogP contribution < -0.4 is 16.2 Å². The van der Waals surface area contributed by atoms with Crippen molar-refractivity contribution in [2.24, 2.45) is 5.73 Å². The zero-order valence-electron chi connectivity index (χ0n) is 9.99. The second kappa shape index (κ2) is 4.29. The minimum Gasteiger partial charge on any atom is -0.361 e. The van der Waals surface area contributed by atoms with Gasteiger partial charge in [-0.1, -0.05) is 0 Å². The summed E-state index contributed by atoms with van der Waals surface area (Å²) in [6, 6.07) is 1.70. The highest BCUT2D eigenvalue weighted by Gasteiger charge is 2.18. The number of aromatic nitrogens is 1. The number of anilines is 1. The Labute approximate surface area is 95.7 Å². The maximum absolute atomic E-state index is 11.9. The molecule has 16 heavy (non-hydrogen) atoms. The van der Waals surface area contributed by atoms with Gasteiger partial charge in [0.1, 0.15) is 5.82 Å². The van der Waals surface area contributed by atoms with Crippen molar-refractivity contribution in [1.82, 2.24) is 4.57 Å². The lowest BCUT2D eigenvalue weighted by atomic mass is 10.1. The van der Waals surface area contributed by atoms with Crippen molar-refractivity contribution >= 4 is 5.82 Å². The van der Waals surface area contributed by atoms with Crippen LogP contribution in [0.3, 0.4) is 0 Å². The first-order valence-electron chi connectivity index (χ1n) is 5.79. The van der Waals surface area contributed by atoms with Gasteiger partial charge >= 0.3 is 0 Å². The maximum atomic E-state index is 11.9. The van der Waals surface area contributed by atoms with Crippen LogP contribution in [0.5, 0.6) is 0 Å². The van der Waals surface area contributed by atoms with E-state index in [0.717, 1.165) is 42.9 Å². The average molecular weight is 221 g/mol. The van der Waals surface area contributed by atoms with E-state index in [4.69, 9.17) is 5.73 Å². The van der Waals surface area contributed by atoms with Crippen LogP contribution in [0.2, 0.25) is 0 Å². The van der Waals surface area contributed by atoms with Crippen molar-refractivity contribution in [2.75, 3.05) is 18.5 Å². The molecule has 88 valence electrons. The first kappa shape index (κ1) is 11.2. The van der Waals surface area contributed by atoms with E-state index in [0.29, 0.717) is 6.54 Å². The first-order chi connectivity index (χ1) is 7.65. The minimum atomic E-state index is 0.0958. The summed E-state index contributed by atoms with van der Waals surface area (Å²) in [6.07, 6.45) is 2.19. The molecular formula is C12H19N3O. The molecule has 0 aromatic carbocycles. The Morgan fingerprint density at radius 1 is 1.38 bits per heavy atom. The number of nitrogens with two attached hydrogens (primary N) is 1. The molecule has 0 amide bonds. The van der Waals surface area contributed by atoms with Crippen LogP contribution in [0, 0.1) is 6.92 Å². The van der Waals surface area contributed by atoms with Crippen molar-refractivity contribution in [3.63, 3.8) is 0 Å². The van der Waals surface area contributed by atoms with Gasteiger partial charge < -0.3 is 10.6 Å². The molecule has 4 nitrogen and oxygen atoms in total. The fraction of sp³-hybridized carbons (Fsp3) is 0.583. The van der Waals surface area contributed by atoms with E-state index in [-0.39, 0.29) is 5.56 Å². The van der Waals surface area contributed by atoms with Gasteiger partial charge in [-0.15, -0.1) is 0 Å². The summed E-state index contributed by atoms with van der Waals surface area (Å²) in [6.45, 7) is 4.26. The van der Waals surface area contributed by atoms with Crippen LogP contribution in [-0.2, 0) is 13.1 Å². The molecule has 2 heterocycles. The topological polar surface area (TPSA) is 51.3 Å². The number of hydrogen-bond acceptors (Lipinski definition) is 3. The zero-order chi connectivity index (χ0) is 11.7. The summed E-state index contributed by atoms with van der Waals surface area (Å²) < 4.78 is 1.86. The van der Waals surface area contributed by atoms with Gasteiger partial charge in [0.05, 0.1) is 0 Å². The Balaban J connectivity index is 2.69. The lowest BCUT2D eigenvalue weighted by molar-refractivity contribution is 0.634. The Kier molecular flexibility index (Phi) is 3.01. The van der Waals surface area contributed by atoms with Gasteiger partial charge in [0.2, 0.25) is 0 Å². The predicted molar refractivity (Wildman–Crippen MR) is 65.8 cm³/mol. The molecule has 4 heteroatoms. The number of hydrogen-bond donors (Lipinski definition) is 1. The molecule has 0 bridgehead atoms. The van der Waals surface area contributed by atoms with Gasteiger partial charge in [0.15, 0.2) is 0 Å². The van der Waals surface area contributed by atoms with Crippen molar-refractivity contribution < 1.29 is 0 Å². The van der Waals surface area contributed by atoms with Crippen LogP contribution in [0.25, 0.3) is 0 Å². The van der Waals surface area contributed by atoms with Crippen molar-refractivity contribution in [1.29, 1.82) is 0 Å². The van der Waals surface area contributed by atoms with Crippen molar-refractivity contribution in [3.8, 4) is 0 Å². The monoisotopic (exact) mass is 221 g/mol. The molecule has 1 aliphatic heterocycles. The molecule has 0 radical (unpaired) electrons. The molecule has 0 fully saturated rings. The van der Waals surface area contributed by atoms with E-state index < -0.39 is 0 Å². The van der Waals surface area contributed by atoms with Gasteiger partial charge in [-0.05, 0) is 25.3 Å². The smallest absolute Gasteiger partial charge is 0.252 e. The number of nitrogens with zero attached hydrogens (tertiary/aromatic N) is 2. The maximum Gasteiger partial charge on any atom is 0.252 e. The van der Waals surface area contributed by atoms with Gasteiger partial charge in [-0.25, -0.2) is 0 Å². The number of fused-ring (bicyclic) bond motifs is 1. The summed E-state index contributed by atoms with van der Waals surface area (Å²) in [4.78, 5) is 14.1. The van der Waals surface area contributed by atoms with E-state index >= 15 is 0 Å². The average Bonchev–Trinajstić information content (AvgIpc) is 2.42. The fourth-order valence-electron chi connectivity index (χ4n) is 2.42. The molecule has 1 aromatic heterocycles. The summed E-state index contributed by atoms with van der Waals surface area (Å²) in [5.41, 5.74) is 8.00. The minimum absolute atomic E-state index is 0.0958. The normalized spacial score (nSPS) is 15.8. The highest BCUT2D eigenvalue weighted by molar-refractivity contribution is 5.51. The van der Waals surface area contributed by atoms with E-state index in [1.54, 1.807) is 6.07 Å². The standard InChI is InChI=1S/C12H19N3O/c1-9-7-11(16)15-6-4-3-5-14(2)12(15)10(9)8-13/h7H,3-6,8,13H2,1-2H3. The molecule has 0 saturated heterocycles. The van der Waals surface area contributed by atoms with Crippen LogP contribution in [0.15, 0.2) is 10.9 Å². The second-order valence-electron chi connectivity index (χ2n) is 4.45. The molecular weight excluding hydrogens is 202 g/mol. The van der Waals surface area contributed by atoms with Crippen LogP contribution in [-0.4, -0.2) is 18.2 Å². The van der Waals surface area contributed by atoms with Crippen LogP contribution >= 0.6 is 0 Å². The molecule has 1 aliphatic rings. The summed E-state index contributed by atoms with van der Waals surface area (Å²) in [5, 5.41) is 0. The molecule has 0 spiro atoms. The van der Waals surface area contributed by atoms with Crippen LogP contribution in [0.1, 0.15) is 24.0 Å². The third-order valence-corrected chi connectivity index (χ3v) is 3.30. The first-order valence-corrected chi connectivity index (χ1v) is 5.79. The summed E-state index contributed by atoms with van der Waals surface area (Å²) in [7, 11) is 2.04. The largest absolute Gasteiger partial charge is 0.361 e. The van der Waals surface area contributed by atoms with Crippen LogP contribution in [0.4, 0.5) is 5.82 Å². The lowest BCUT2D eigenvalue weighted by Gasteiger charge is -2.24. The summed E-state index contributed by atoms with van der Waals surface area (Å²) >= 11 is 0. The van der Waals surface area contributed by atoms with Gasteiger partial charge in [0.25, 0.3) is 5.56 Å². The molecule has 0 aliphatic carbocycles. The second-order valence-corrected chi connectivity index (χ2v) is 4.45. The van der Waals surface area contributed by atoms with Gasteiger partial charge in [0, 0.05) is 38.3 Å². The molecule has 1 aromatic rings. The Morgan fingerprint density at radius 3 is 2.75 bits per heavy atom. The third-order valence-electron chi connectivity index (χ3n) is 3.30. The SMILES string of the molecule is Cc1cc(=O)n2c(c1CN)N(C)CCCC2. The quantitative estimate of drug-likeness (QED) is 0.764. The lowest BCUT2D eigenvalue weighted by Crippen LogP contribution is -2.29. The highest BCUT2D eigenvalue weighted by Crippen LogP contribution is 2.23. The van der Waals surface area contributed by atoms with Gasteiger partial charge in [-0.2, -0.15) is 0 Å². The molecule has 0 atom stereocenters. The Bertz CT molecular complexity index is 450. The Morgan fingerprint density at radius 2 is 2.06 bits per heavy atom. The molecule has 2 N–H and O–H groups in total.